The predicted octanol–water partition coefficient (Wildman–Crippen LogP) is 5.15. The van der Waals surface area contributed by atoms with E-state index in [1.54, 1.807) is 0 Å². The smallest absolute Gasteiger partial charge is 0.243 e. The topological polar surface area (TPSA) is 59.6 Å². The largest absolute Gasteiger partial charge is 0.493 e. The van der Waals surface area contributed by atoms with Gasteiger partial charge in [-0.1, -0.05) is 36.4 Å². The first-order chi connectivity index (χ1) is 14.6. The molecule has 0 aromatic heterocycles. The molecule has 0 heterocycles. The second-order valence-electron chi connectivity index (χ2n) is 7.20. The zero-order valence-corrected chi connectivity index (χ0v) is 17.4. The first-order valence-corrected chi connectivity index (χ1v) is 10.2. The van der Waals surface area contributed by atoms with Gasteiger partial charge in [0.05, 0.1) is 19.3 Å². The summed E-state index contributed by atoms with van der Waals surface area (Å²) in [7, 11) is 0. The van der Waals surface area contributed by atoms with Gasteiger partial charge in [-0.25, -0.2) is 0 Å². The van der Waals surface area contributed by atoms with Gasteiger partial charge in [0.2, 0.25) is 5.91 Å². The highest BCUT2D eigenvalue weighted by Gasteiger charge is 2.05. The van der Waals surface area contributed by atoms with Gasteiger partial charge in [-0.05, 0) is 55.8 Å². The summed E-state index contributed by atoms with van der Waals surface area (Å²) >= 11 is 0. The molecule has 0 aliphatic rings. The third-order valence-corrected chi connectivity index (χ3v) is 4.30. The SMILES string of the molecule is CC(C)Oc1cccc(NC(=O)CNc2ccc(OCCc3ccccc3)cc2)c1. The molecule has 0 spiro atoms. The lowest BCUT2D eigenvalue weighted by Crippen LogP contribution is -2.21. The summed E-state index contributed by atoms with van der Waals surface area (Å²) in [5, 5.41) is 6.00. The molecule has 5 nitrogen and oxygen atoms in total. The van der Waals surface area contributed by atoms with Crippen LogP contribution in [0.4, 0.5) is 11.4 Å². The molecule has 0 fully saturated rings. The molecule has 30 heavy (non-hydrogen) atoms. The van der Waals surface area contributed by atoms with Gasteiger partial charge < -0.3 is 20.1 Å². The first kappa shape index (κ1) is 21.2. The van der Waals surface area contributed by atoms with Crippen molar-refractivity contribution in [3.05, 3.63) is 84.4 Å². The van der Waals surface area contributed by atoms with Crippen LogP contribution in [0.1, 0.15) is 19.4 Å². The van der Waals surface area contributed by atoms with Crippen LogP contribution in [0.5, 0.6) is 11.5 Å². The number of amides is 1. The Morgan fingerprint density at radius 1 is 0.867 bits per heavy atom. The summed E-state index contributed by atoms with van der Waals surface area (Å²) in [4.78, 5) is 12.2. The molecule has 0 saturated carbocycles. The molecule has 0 aliphatic heterocycles. The van der Waals surface area contributed by atoms with E-state index < -0.39 is 0 Å². The van der Waals surface area contributed by atoms with E-state index in [1.165, 1.54) is 5.56 Å². The number of hydrogen-bond acceptors (Lipinski definition) is 4. The van der Waals surface area contributed by atoms with Crippen molar-refractivity contribution in [3.63, 3.8) is 0 Å². The summed E-state index contributed by atoms with van der Waals surface area (Å²) in [6, 6.07) is 25.3. The number of carbonyl (C=O) groups is 1. The third-order valence-electron chi connectivity index (χ3n) is 4.30. The molecule has 5 heteroatoms. The van der Waals surface area contributed by atoms with Crippen LogP contribution in [0.25, 0.3) is 0 Å². The van der Waals surface area contributed by atoms with Gasteiger partial charge in [-0.2, -0.15) is 0 Å². The van der Waals surface area contributed by atoms with Gasteiger partial charge in [-0.3, -0.25) is 4.79 Å². The Hall–Kier alpha value is -3.47. The van der Waals surface area contributed by atoms with Crippen molar-refractivity contribution in [2.24, 2.45) is 0 Å². The maximum absolute atomic E-state index is 12.2. The minimum Gasteiger partial charge on any atom is -0.493 e. The molecule has 0 atom stereocenters. The molecule has 3 rings (SSSR count). The molecule has 156 valence electrons. The number of hydrogen-bond donors (Lipinski definition) is 2. The molecular weight excluding hydrogens is 376 g/mol. The van der Waals surface area contributed by atoms with Crippen molar-refractivity contribution in [1.82, 2.24) is 0 Å². The van der Waals surface area contributed by atoms with Crippen LogP contribution in [0.3, 0.4) is 0 Å². The molecule has 2 N–H and O–H groups in total. The molecule has 3 aromatic rings. The van der Waals surface area contributed by atoms with Gasteiger partial charge in [0.1, 0.15) is 11.5 Å². The highest BCUT2D eigenvalue weighted by Crippen LogP contribution is 2.19. The minimum atomic E-state index is -0.125. The molecule has 0 radical (unpaired) electrons. The highest BCUT2D eigenvalue weighted by atomic mass is 16.5. The Bertz CT molecular complexity index is 925. The fourth-order valence-corrected chi connectivity index (χ4v) is 2.91. The molecule has 0 unspecified atom stereocenters. The summed E-state index contributed by atoms with van der Waals surface area (Å²) in [6.45, 7) is 4.73. The standard InChI is InChI=1S/C25H28N2O3/c1-19(2)30-24-10-6-9-22(17-24)27-25(28)18-26-21-11-13-23(14-12-21)29-16-15-20-7-4-3-5-8-20/h3-14,17,19,26H,15-16,18H2,1-2H3,(H,27,28). The zero-order valence-electron chi connectivity index (χ0n) is 17.4. The summed E-state index contributed by atoms with van der Waals surface area (Å²) in [5.74, 6) is 1.42. The van der Waals surface area contributed by atoms with Gasteiger partial charge in [0.25, 0.3) is 0 Å². The van der Waals surface area contributed by atoms with Crippen LogP contribution in [-0.2, 0) is 11.2 Å². The van der Waals surface area contributed by atoms with E-state index in [4.69, 9.17) is 9.47 Å². The number of carbonyl (C=O) groups excluding carboxylic acids is 1. The lowest BCUT2D eigenvalue weighted by atomic mass is 10.2. The second kappa shape index (κ2) is 10.9. The number of rotatable bonds is 10. The van der Waals surface area contributed by atoms with E-state index in [9.17, 15) is 4.79 Å². The van der Waals surface area contributed by atoms with Crippen molar-refractivity contribution >= 4 is 17.3 Å². The van der Waals surface area contributed by atoms with E-state index in [1.807, 2.05) is 80.6 Å². The normalized spacial score (nSPS) is 10.5. The minimum absolute atomic E-state index is 0.0860. The van der Waals surface area contributed by atoms with E-state index in [-0.39, 0.29) is 18.6 Å². The third kappa shape index (κ3) is 7.17. The molecule has 0 bridgehead atoms. The van der Waals surface area contributed by atoms with E-state index in [0.717, 1.165) is 23.6 Å². The zero-order chi connectivity index (χ0) is 21.2. The van der Waals surface area contributed by atoms with Gasteiger partial charge >= 0.3 is 0 Å². The Labute approximate surface area is 178 Å². The van der Waals surface area contributed by atoms with Crippen molar-refractivity contribution in [2.75, 3.05) is 23.8 Å². The molecule has 3 aromatic carbocycles. The van der Waals surface area contributed by atoms with Crippen molar-refractivity contribution < 1.29 is 14.3 Å². The number of anilines is 2. The summed E-state index contributed by atoms with van der Waals surface area (Å²) in [6.07, 6.45) is 0.952. The maximum atomic E-state index is 12.2. The number of nitrogens with one attached hydrogen (secondary N) is 2. The Kier molecular flexibility index (Phi) is 7.72. The average molecular weight is 405 g/mol. The Morgan fingerprint density at radius 2 is 1.63 bits per heavy atom. The second-order valence-corrected chi connectivity index (χ2v) is 7.20. The monoisotopic (exact) mass is 404 g/mol. The van der Waals surface area contributed by atoms with E-state index >= 15 is 0 Å². The fourth-order valence-electron chi connectivity index (χ4n) is 2.91. The summed E-state index contributed by atoms with van der Waals surface area (Å²) < 4.78 is 11.4. The van der Waals surface area contributed by atoms with Gasteiger partial charge in [-0.15, -0.1) is 0 Å². The number of ether oxygens (including phenoxy) is 2. The predicted molar refractivity (Wildman–Crippen MR) is 121 cm³/mol. The molecule has 1 amide bonds. The van der Waals surface area contributed by atoms with Crippen LogP contribution >= 0.6 is 0 Å². The van der Waals surface area contributed by atoms with Crippen LogP contribution in [0.2, 0.25) is 0 Å². The van der Waals surface area contributed by atoms with Crippen molar-refractivity contribution in [3.8, 4) is 11.5 Å². The quantitative estimate of drug-likeness (QED) is 0.491. The van der Waals surface area contributed by atoms with E-state index in [2.05, 4.69) is 22.8 Å². The summed E-state index contributed by atoms with van der Waals surface area (Å²) in [5.41, 5.74) is 2.82. The highest BCUT2D eigenvalue weighted by molar-refractivity contribution is 5.93. The van der Waals surface area contributed by atoms with Crippen LogP contribution in [-0.4, -0.2) is 25.2 Å². The molecular formula is C25H28N2O3. The fraction of sp³-hybridized carbons (Fsp3) is 0.240. The van der Waals surface area contributed by atoms with E-state index in [0.29, 0.717) is 12.3 Å². The van der Waals surface area contributed by atoms with Crippen LogP contribution < -0.4 is 20.1 Å². The Balaban J connectivity index is 1.41. The lowest BCUT2D eigenvalue weighted by molar-refractivity contribution is -0.114. The first-order valence-electron chi connectivity index (χ1n) is 10.2. The maximum Gasteiger partial charge on any atom is 0.243 e. The van der Waals surface area contributed by atoms with Gasteiger partial charge in [0, 0.05) is 23.9 Å². The van der Waals surface area contributed by atoms with Crippen LogP contribution in [0, 0.1) is 0 Å². The average Bonchev–Trinajstić information content (AvgIpc) is 2.74. The number of benzene rings is 3. The Morgan fingerprint density at radius 3 is 2.37 bits per heavy atom. The van der Waals surface area contributed by atoms with Crippen molar-refractivity contribution in [1.29, 1.82) is 0 Å². The molecule has 0 saturated heterocycles. The molecule has 0 aliphatic carbocycles. The van der Waals surface area contributed by atoms with Crippen molar-refractivity contribution in [2.45, 2.75) is 26.4 Å². The van der Waals surface area contributed by atoms with Gasteiger partial charge in [0.15, 0.2) is 0 Å². The van der Waals surface area contributed by atoms with Crippen LogP contribution in [0.15, 0.2) is 78.9 Å². The lowest BCUT2D eigenvalue weighted by Gasteiger charge is -2.12.